The molecule has 0 aliphatic rings. The monoisotopic (exact) mass is 335 g/mol. The molecule has 0 bridgehead atoms. The summed E-state index contributed by atoms with van der Waals surface area (Å²) in [5.41, 5.74) is 2.12. The molecule has 1 atom stereocenters. The van der Waals surface area contributed by atoms with Crippen molar-refractivity contribution in [1.29, 1.82) is 0 Å². The number of fused-ring (bicyclic) bond motifs is 1. The van der Waals surface area contributed by atoms with Crippen LogP contribution in [-0.4, -0.2) is 11.9 Å². The average Bonchev–Trinajstić information content (AvgIpc) is 2.62. The quantitative estimate of drug-likeness (QED) is 0.773. The third-order valence-electron chi connectivity index (χ3n) is 4.37. The third kappa shape index (κ3) is 3.33. The minimum Gasteiger partial charge on any atom is -0.416 e. The number of rotatable bonds is 4. The Morgan fingerprint density at radius 3 is 2.36 bits per heavy atom. The first-order chi connectivity index (χ1) is 12.0. The van der Waals surface area contributed by atoms with Gasteiger partial charge in [-0.15, -0.1) is 0 Å². The van der Waals surface area contributed by atoms with Crippen LogP contribution in [0.25, 0.3) is 21.9 Å². The maximum atomic E-state index is 12.7. The summed E-state index contributed by atoms with van der Waals surface area (Å²) in [5, 5.41) is 4.08. The molecule has 128 valence electrons. The lowest BCUT2D eigenvalue weighted by molar-refractivity contribution is 0.0908. The zero-order valence-corrected chi connectivity index (χ0v) is 14.6. The van der Waals surface area contributed by atoms with Crippen molar-refractivity contribution in [2.45, 2.75) is 33.2 Å². The Labute approximate surface area is 146 Å². The van der Waals surface area contributed by atoms with Crippen molar-refractivity contribution in [2.24, 2.45) is 0 Å². The van der Waals surface area contributed by atoms with Gasteiger partial charge in [-0.1, -0.05) is 55.0 Å². The molecule has 1 aromatic heterocycles. The summed E-state index contributed by atoms with van der Waals surface area (Å²) in [6, 6.07) is 15.0. The van der Waals surface area contributed by atoms with Gasteiger partial charge in [0, 0.05) is 17.0 Å². The highest BCUT2D eigenvalue weighted by Gasteiger charge is 2.22. The smallest absolute Gasteiger partial charge is 0.344 e. The summed E-state index contributed by atoms with van der Waals surface area (Å²) in [7, 11) is 0. The second-order valence-electron chi connectivity index (χ2n) is 6.29. The van der Waals surface area contributed by atoms with Crippen molar-refractivity contribution in [3.63, 3.8) is 0 Å². The molecular formula is C21H21NO3. The van der Waals surface area contributed by atoms with Crippen LogP contribution in [0.1, 0.15) is 36.4 Å². The predicted octanol–water partition coefficient (Wildman–Crippen LogP) is 4.30. The van der Waals surface area contributed by atoms with Gasteiger partial charge in [0.05, 0.1) is 5.39 Å². The van der Waals surface area contributed by atoms with Crippen LogP contribution in [0.5, 0.6) is 0 Å². The molecule has 4 heteroatoms. The Morgan fingerprint density at radius 1 is 1.08 bits per heavy atom. The highest BCUT2D eigenvalue weighted by Crippen LogP contribution is 2.31. The van der Waals surface area contributed by atoms with E-state index in [-0.39, 0.29) is 17.7 Å². The third-order valence-corrected chi connectivity index (χ3v) is 4.37. The van der Waals surface area contributed by atoms with Crippen molar-refractivity contribution < 1.29 is 9.21 Å². The molecular weight excluding hydrogens is 314 g/mol. The molecule has 0 aliphatic heterocycles. The number of benzene rings is 2. The van der Waals surface area contributed by atoms with Crippen LogP contribution in [0.2, 0.25) is 0 Å². The highest BCUT2D eigenvalue weighted by molar-refractivity contribution is 6.07. The molecule has 0 radical (unpaired) electrons. The summed E-state index contributed by atoms with van der Waals surface area (Å²) in [6.07, 6.45) is 0.795. The van der Waals surface area contributed by atoms with Crippen LogP contribution in [0.15, 0.2) is 57.7 Å². The van der Waals surface area contributed by atoms with Gasteiger partial charge in [-0.05, 0) is 31.9 Å². The van der Waals surface area contributed by atoms with Crippen LogP contribution < -0.4 is 10.9 Å². The summed E-state index contributed by atoms with van der Waals surface area (Å²) in [4.78, 5) is 25.1. The van der Waals surface area contributed by atoms with Crippen LogP contribution >= 0.6 is 0 Å². The van der Waals surface area contributed by atoms with E-state index in [1.807, 2.05) is 57.2 Å². The predicted molar refractivity (Wildman–Crippen MR) is 99.9 cm³/mol. The Balaban J connectivity index is 2.28. The Bertz CT molecular complexity index is 971. The number of amides is 1. The Kier molecular flexibility index (Phi) is 4.70. The van der Waals surface area contributed by atoms with Crippen LogP contribution in [-0.2, 0) is 0 Å². The lowest BCUT2D eigenvalue weighted by atomic mass is 9.97. The van der Waals surface area contributed by atoms with Crippen LogP contribution in [0.4, 0.5) is 0 Å². The lowest BCUT2D eigenvalue weighted by Gasteiger charge is -2.15. The molecule has 3 rings (SSSR count). The van der Waals surface area contributed by atoms with Crippen molar-refractivity contribution in [3.05, 3.63) is 70.3 Å². The van der Waals surface area contributed by atoms with Gasteiger partial charge in [-0.25, -0.2) is 4.79 Å². The second-order valence-corrected chi connectivity index (χ2v) is 6.29. The van der Waals surface area contributed by atoms with Gasteiger partial charge < -0.3 is 9.73 Å². The van der Waals surface area contributed by atoms with E-state index in [1.165, 1.54) is 0 Å². The molecule has 0 saturated heterocycles. The van der Waals surface area contributed by atoms with Gasteiger partial charge in [-0.2, -0.15) is 0 Å². The molecule has 1 N–H and O–H groups in total. The maximum Gasteiger partial charge on any atom is 0.344 e. The molecule has 1 heterocycles. The number of nitrogens with one attached hydrogen (secondary N) is 1. The second kappa shape index (κ2) is 6.93. The topological polar surface area (TPSA) is 59.3 Å². The van der Waals surface area contributed by atoms with Crippen molar-refractivity contribution in [1.82, 2.24) is 5.32 Å². The number of hydrogen-bond donors (Lipinski definition) is 1. The number of hydrogen-bond acceptors (Lipinski definition) is 3. The average molecular weight is 335 g/mol. The first-order valence-electron chi connectivity index (χ1n) is 8.45. The largest absolute Gasteiger partial charge is 0.416 e. The van der Waals surface area contributed by atoms with E-state index in [9.17, 15) is 9.59 Å². The molecule has 25 heavy (non-hydrogen) atoms. The van der Waals surface area contributed by atoms with Gasteiger partial charge in [0.25, 0.3) is 5.91 Å². The molecule has 1 unspecified atom stereocenters. The van der Waals surface area contributed by atoms with Gasteiger partial charge in [-0.3, -0.25) is 4.79 Å². The van der Waals surface area contributed by atoms with Crippen molar-refractivity contribution in [2.75, 3.05) is 0 Å². The normalized spacial score (nSPS) is 12.1. The van der Waals surface area contributed by atoms with E-state index in [4.69, 9.17) is 4.42 Å². The zero-order valence-electron chi connectivity index (χ0n) is 14.6. The van der Waals surface area contributed by atoms with E-state index in [0.29, 0.717) is 10.9 Å². The van der Waals surface area contributed by atoms with Gasteiger partial charge >= 0.3 is 5.63 Å². The van der Waals surface area contributed by atoms with Gasteiger partial charge in [0.2, 0.25) is 5.76 Å². The van der Waals surface area contributed by atoms with Gasteiger partial charge in [0.1, 0.15) is 0 Å². The lowest BCUT2D eigenvalue weighted by Crippen LogP contribution is -2.33. The van der Waals surface area contributed by atoms with E-state index in [0.717, 1.165) is 22.9 Å². The standard InChI is InChI=1S/C21H21NO3/c1-4-14(3)22-20(23)19-18(15-11-9-13(2)10-12-15)16-7-5-6-8-17(16)21(24)25-19/h5-12,14H,4H2,1-3H3,(H,22,23). The highest BCUT2D eigenvalue weighted by atomic mass is 16.4. The van der Waals surface area contributed by atoms with E-state index in [1.54, 1.807) is 12.1 Å². The summed E-state index contributed by atoms with van der Waals surface area (Å²) < 4.78 is 5.45. The molecule has 3 aromatic rings. The molecule has 0 aliphatic carbocycles. The maximum absolute atomic E-state index is 12.7. The first kappa shape index (κ1) is 17.0. The number of carbonyl (C=O) groups is 1. The minimum absolute atomic E-state index is 0.00450. The van der Waals surface area contributed by atoms with Crippen LogP contribution in [0.3, 0.4) is 0 Å². The SMILES string of the molecule is CCC(C)NC(=O)c1oc(=O)c2ccccc2c1-c1ccc(C)cc1. The number of aryl methyl sites for hydroxylation is 1. The minimum atomic E-state index is -0.499. The van der Waals surface area contributed by atoms with Crippen molar-refractivity contribution >= 4 is 16.7 Å². The molecule has 4 nitrogen and oxygen atoms in total. The molecule has 0 spiro atoms. The molecule has 0 saturated carbocycles. The fourth-order valence-corrected chi connectivity index (χ4v) is 2.76. The summed E-state index contributed by atoms with van der Waals surface area (Å²) in [5.74, 6) is -0.305. The fourth-order valence-electron chi connectivity index (χ4n) is 2.76. The number of carbonyl (C=O) groups excluding carboxylic acids is 1. The first-order valence-corrected chi connectivity index (χ1v) is 8.45. The van der Waals surface area contributed by atoms with Crippen molar-refractivity contribution in [3.8, 4) is 11.1 Å². The van der Waals surface area contributed by atoms with E-state index < -0.39 is 5.63 Å². The van der Waals surface area contributed by atoms with Gasteiger partial charge in [0.15, 0.2) is 0 Å². The molecule has 1 amide bonds. The molecule has 0 fully saturated rings. The zero-order chi connectivity index (χ0) is 18.0. The summed E-state index contributed by atoms with van der Waals surface area (Å²) in [6.45, 7) is 5.91. The summed E-state index contributed by atoms with van der Waals surface area (Å²) >= 11 is 0. The fraction of sp³-hybridized carbons (Fsp3) is 0.238. The Hall–Kier alpha value is -2.88. The van der Waals surface area contributed by atoms with Crippen LogP contribution in [0, 0.1) is 6.92 Å². The van der Waals surface area contributed by atoms with E-state index >= 15 is 0 Å². The molecule has 2 aromatic carbocycles. The van der Waals surface area contributed by atoms with E-state index in [2.05, 4.69) is 5.32 Å². The Morgan fingerprint density at radius 2 is 1.72 bits per heavy atom.